The maximum atomic E-state index is 12.6. The molecule has 0 fully saturated rings. The second kappa shape index (κ2) is 7.23. The number of aromatic nitrogens is 1. The lowest BCUT2D eigenvalue weighted by molar-refractivity contribution is 0.0930. The molecule has 3 rings (SSSR count). The number of carbonyl (C=O) groups is 1. The fraction of sp³-hybridized carbons (Fsp3) is 0.294. The first kappa shape index (κ1) is 16.1. The molecule has 4 nitrogen and oxygen atoms in total. The van der Waals surface area contributed by atoms with Gasteiger partial charge in [-0.25, -0.2) is 4.98 Å². The summed E-state index contributed by atoms with van der Waals surface area (Å²) in [6, 6.07) is 9.23. The lowest BCUT2D eigenvalue weighted by Crippen LogP contribution is -2.31. The van der Waals surface area contributed by atoms with Gasteiger partial charge in [0.15, 0.2) is 0 Å². The van der Waals surface area contributed by atoms with Gasteiger partial charge in [-0.15, -0.1) is 11.8 Å². The van der Waals surface area contributed by atoms with Crippen molar-refractivity contribution in [3.8, 4) is 5.88 Å². The molecule has 1 atom stereocenters. The zero-order chi connectivity index (χ0) is 16.2. The largest absolute Gasteiger partial charge is 0.477 e. The fourth-order valence-electron chi connectivity index (χ4n) is 2.57. The molecule has 120 valence electrons. The summed E-state index contributed by atoms with van der Waals surface area (Å²) in [6.07, 6.45) is 2.49. The molecule has 1 amide bonds. The molecule has 2 heterocycles. The number of rotatable bonds is 4. The van der Waals surface area contributed by atoms with Crippen LogP contribution < -0.4 is 10.1 Å². The van der Waals surface area contributed by atoms with Crippen molar-refractivity contribution in [2.75, 3.05) is 12.4 Å². The Bertz CT molecular complexity index is 723. The summed E-state index contributed by atoms with van der Waals surface area (Å²) >= 11 is 7.90. The number of hydrogen-bond donors (Lipinski definition) is 1. The summed E-state index contributed by atoms with van der Waals surface area (Å²) in [7, 11) is 0. The Hall–Kier alpha value is -1.72. The number of pyridine rings is 1. The molecule has 2 aromatic rings. The Balaban J connectivity index is 1.83. The molecule has 1 unspecified atom stereocenters. The maximum Gasteiger partial charge on any atom is 0.257 e. The van der Waals surface area contributed by atoms with E-state index in [1.165, 1.54) is 4.90 Å². The Labute approximate surface area is 144 Å². The number of fused-ring (bicyclic) bond motifs is 1. The smallest absolute Gasteiger partial charge is 0.257 e. The third-order valence-corrected chi connectivity index (χ3v) is 4.97. The molecule has 1 aliphatic heterocycles. The van der Waals surface area contributed by atoms with E-state index in [1.54, 1.807) is 30.1 Å². The molecule has 6 heteroatoms. The van der Waals surface area contributed by atoms with E-state index in [2.05, 4.69) is 10.3 Å². The monoisotopic (exact) mass is 348 g/mol. The minimum atomic E-state index is -0.177. The van der Waals surface area contributed by atoms with Crippen molar-refractivity contribution in [2.24, 2.45) is 0 Å². The second-order valence-corrected chi connectivity index (χ2v) is 6.71. The van der Waals surface area contributed by atoms with E-state index >= 15 is 0 Å². The Morgan fingerprint density at radius 1 is 1.48 bits per heavy atom. The predicted molar refractivity (Wildman–Crippen MR) is 92.4 cm³/mol. The van der Waals surface area contributed by atoms with E-state index in [-0.39, 0.29) is 11.9 Å². The standard InChI is InChI=1S/C17H17ClN2O2S/c1-2-22-17-12(4-3-8-19-17)16(21)20-14-7-9-23-15-6-5-11(18)10-13(14)15/h3-6,8,10,14H,2,7,9H2,1H3,(H,20,21). The van der Waals surface area contributed by atoms with Crippen LogP contribution in [0, 0.1) is 0 Å². The minimum absolute atomic E-state index is 0.0490. The fourth-order valence-corrected chi connectivity index (χ4v) is 3.85. The highest BCUT2D eigenvalue weighted by Gasteiger charge is 2.24. The van der Waals surface area contributed by atoms with E-state index < -0.39 is 0 Å². The van der Waals surface area contributed by atoms with Crippen LogP contribution in [0.5, 0.6) is 5.88 Å². The lowest BCUT2D eigenvalue weighted by atomic mass is 10.0. The zero-order valence-corrected chi connectivity index (χ0v) is 14.3. The van der Waals surface area contributed by atoms with Gasteiger partial charge in [0.05, 0.1) is 12.6 Å². The molecule has 1 aromatic carbocycles. The van der Waals surface area contributed by atoms with Crippen molar-refractivity contribution in [1.82, 2.24) is 10.3 Å². The predicted octanol–water partition coefficient (Wildman–Crippen LogP) is 4.10. The van der Waals surface area contributed by atoms with E-state index in [4.69, 9.17) is 16.3 Å². The molecule has 0 bridgehead atoms. The van der Waals surface area contributed by atoms with Crippen LogP contribution in [0.4, 0.5) is 0 Å². The first-order valence-corrected chi connectivity index (χ1v) is 8.86. The number of halogens is 1. The van der Waals surface area contributed by atoms with Crippen molar-refractivity contribution in [3.63, 3.8) is 0 Å². The average Bonchev–Trinajstić information content (AvgIpc) is 2.56. The number of nitrogens with one attached hydrogen (secondary N) is 1. The Morgan fingerprint density at radius 3 is 3.17 bits per heavy atom. The molecule has 0 saturated carbocycles. The summed E-state index contributed by atoms with van der Waals surface area (Å²) in [5.74, 6) is 1.15. The van der Waals surface area contributed by atoms with Crippen LogP contribution in [0.3, 0.4) is 0 Å². The number of nitrogens with zero attached hydrogens (tertiary/aromatic N) is 1. The van der Waals surface area contributed by atoms with E-state index in [0.29, 0.717) is 23.1 Å². The van der Waals surface area contributed by atoms with Crippen molar-refractivity contribution in [2.45, 2.75) is 24.3 Å². The summed E-state index contributed by atoms with van der Waals surface area (Å²) in [6.45, 7) is 2.34. The number of carbonyl (C=O) groups excluding carboxylic acids is 1. The summed E-state index contributed by atoms with van der Waals surface area (Å²) < 4.78 is 5.44. The average molecular weight is 349 g/mol. The van der Waals surface area contributed by atoms with Crippen LogP contribution in [0.1, 0.15) is 35.3 Å². The number of thioether (sulfide) groups is 1. The molecule has 1 N–H and O–H groups in total. The van der Waals surface area contributed by atoms with Gasteiger partial charge in [0.1, 0.15) is 5.56 Å². The van der Waals surface area contributed by atoms with Crippen LogP contribution >= 0.6 is 23.4 Å². The Morgan fingerprint density at radius 2 is 2.35 bits per heavy atom. The summed E-state index contributed by atoms with van der Waals surface area (Å²) in [5, 5.41) is 3.77. The third kappa shape index (κ3) is 3.62. The highest BCUT2D eigenvalue weighted by atomic mass is 35.5. The van der Waals surface area contributed by atoms with Crippen LogP contribution in [0.15, 0.2) is 41.4 Å². The number of benzene rings is 1. The van der Waals surface area contributed by atoms with Crippen LogP contribution in [-0.4, -0.2) is 23.3 Å². The van der Waals surface area contributed by atoms with E-state index in [9.17, 15) is 4.79 Å². The maximum absolute atomic E-state index is 12.6. The first-order valence-electron chi connectivity index (χ1n) is 7.50. The third-order valence-electron chi connectivity index (χ3n) is 3.61. The van der Waals surface area contributed by atoms with Crippen molar-refractivity contribution in [3.05, 3.63) is 52.7 Å². The molecule has 23 heavy (non-hydrogen) atoms. The van der Waals surface area contributed by atoms with E-state index in [1.807, 2.05) is 25.1 Å². The Kier molecular flexibility index (Phi) is 5.08. The first-order chi connectivity index (χ1) is 11.2. The molecule has 0 radical (unpaired) electrons. The molecule has 0 spiro atoms. The van der Waals surface area contributed by atoms with Crippen molar-refractivity contribution >= 4 is 29.3 Å². The quantitative estimate of drug-likeness (QED) is 0.903. The lowest BCUT2D eigenvalue weighted by Gasteiger charge is -2.26. The van der Waals surface area contributed by atoms with Gasteiger partial charge in [0.2, 0.25) is 5.88 Å². The van der Waals surface area contributed by atoms with Crippen molar-refractivity contribution < 1.29 is 9.53 Å². The highest BCUT2D eigenvalue weighted by Crippen LogP contribution is 2.37. The molecule has 0 saturated heterocycles. The van der Waals surface area contributed by atoms with E-state index in [0.717, 1.165) is 17.7 Å². The topological polar surface area (TPSA) is 51.2 Å². The molecular formula is C17H17ClN2O2S. The van der Waals surface area contributed by atoms with Gasteiger partial charge in [0, 0.05) is 21.9 Å². The van der Waals surface area contributed by atoms with Crippen LogP contribution in [-0.2, 0) is 0 Å². The van der Waals surface area contributed by atoms with Crippen LogP contribution in [0.2, 0.25) is 5.02 Å². The van der Waals surface area contributed by atoms with Gasteiger partial charge in [-0.05, 0) is 49.2 Å². The van der Waals surface area contributed by atoms with Crippen molar-refractivity contribution in [1.29, 1.82) is 0 Å². The van der Waals surface area contributed by atoms with Gasteiger partial charge in [-0.3, -0.25) is 4.79 Å². The van der Waals surface area contributed by atoms with Gasteiger partial charge in [-0.1, -0.05) is 11.6 Å². The van der Waals surface area contributed by atoms with Gasteiger partial charge in [0.25, 0.3) is 5.91 Å². The normalized spacial score (nSPS) is 16.5. The zero-order valence-electron chi connectivity index (χ0n) is 12.7. The van der Waals surface area contributed by atoms with Gasteiger partial charge >= 0.3 is 0 Å². The number of ether oxygens (including phenoxy) is 1. The minimum Gasteiger partial charge on any atom is -0.477 e. The van der Waals surface area contributed by atoms with Crippen LogP contribution in [0.25, 0.3) is 0 Å². The molecule has 1 aromatic heterocycles. The molecule has 0 aliphatic carbocycles. The summed E-state index contributed by atoms with van der Waals surface area (Å²) in [4.78, 5) is 17.9. The number of amides is 1. The van der Waals surface area contributed by atoms with Gasteiger partial charge < -0.3 is 10.1 Å². The van der Waals surface area contributed by atoms with Gasteiger partial charge in [-0.2, -0.15) is 0 Å². The molecular weight excluding hydrogens is 332 g/mol. The highest BCUT2D eigenvalue weighted by molar-refractivity contribution is 7.99. The summed E-state index contributed by atoms with van der Waals surface area (Å²) in [5.41, 5.74) is 1.53. The number of hydrogen-bond acceptors (Lipinski definition) is 4. The second-order valence-electron chi connectivity index (χ2n) is 5.13. The SMILES string of the molecule is CCOc1ncccc1C(=O)NC1CCSc2ccc(Cl)cc21. The molecule has 1 aliphatic rings.